The van der Waals surface area contributed by atoms with Crippen molar-refractivity contribution in [1.82, 2.24) is 10.2 Å². The molecule has 1 saturated heterocycles. The predicted octanol–water partition coefficient (Wildman–Crippen LogP) is 4.23. The summed E-state index contributed by atoms with van der Waals surface area (Å²) < 4.78 is 10.3. The maximum Gasteiger partial charge on any atom is 0.514 e. The molecule has 2 amide bonds. The lowest BCUT2D eigenvalue weighted by molar-refractivity contribution is -0.149. The summed E-state index contributed by atoms with van der Waals surface area (Å²) in [5.74, 6) is -2.09. The number of hydrogen-bond donors (Lipinski definition) is 3. The van der Waals surface area contributed by atoms with Gasteiger partial charge in [0.2, 0.25) is 11.8 Å². The number of benzene rings is 3. The molecule has 0 aromatic heterocycles. The molecule has 3 N–H and O–H groups in total. The molecule has 1 aliphatic rings. The number of aliphatic carboxylic acids is 1. The van der Waals surface area contributed by atoms with E-state index in [2.05, 4.69) is 5.32 Å². The Hall–Kier alpha value is -4.84. The van der Waals surface area contributed by atoms with Crippen LogP contribution < -0.4 is 10.1 Å². The largest absolute Gasteiger partial charge is 0.514 e. The van der Waals surface area contributed by atoms with Gasteiger partial charge in [-0.3, -0.25) is 14.4 Å². The van der Waals surface area contributed by atoms with E-state index in [1.807, 2.05) is 30.3 Å². The molecule has 3 aromatic rings. The molecular formula is C32H32N2O9S. The van der Waals surface area contributed by atoms with Crippen LogP contribution in [0.1, 0.15) is 42.5 Å². The van der Waals surface area contributed by atoms with Crippen molar-refractivity contribution < 1.29 is 43.7 Å². The molecule has 3 unspecified atom stereocenters. The van der Waals surface area contributed by atoms with Gasteiger partial charge in [0.25, 0.3) is 0 Å². The summed E-state index contributed by atoms with van der Waals surface area (Å²) in [7, 11) is 0. The average Bonchev–Trinajstić information content (AvgIpc) is 3.46. The first-order valence-electron chi connectivity index (χ1n) is 13.9. The molecule has 44 heavy (non-hydrogen) atoms. The van der Waals surface area contributed by atoms with Crippen LogP contribution in [0.5, 0.6) is 11.5 Å². The van der Waals surface area contributed by atoms with Gasteiger partial charge in [-0.2, -0.15) is 0 Å². The summed E-state index contributed by atoms with van der Waals surface area (Å²) in [4.78, 5) is 63.5. The highest BCUT2D eigenvalue weighted by Crippen LogP contribution is 2.37. The van der Waals surface area contributed by atoms with Crippen molar-refractivity contribution in [2.24, 2.45) is 0 Å². The van der Waals surface area contributed by atoms with Crippen molar-refractivity contribution in [3.63, 3.8) is 0 Å². The van der Waals surface area contributed by atoms with Crippen molar-refractivity contribution in [2.45, 2.75) is 50.1 Å². The first-order chi connectivity index (χ1) is 21.1. The minimum Gasteiger partial charge on any atom is -0.508 e. The SMILES string of the molecule is CC(=O)SC(Cc1ccc(OC(=O)OCc2ccccc2)cc1)C(=O)NCC(=O)N1C(C(=O)O)CCC1c1cccc(O)c1. The van der Waals surface area contributed by atoms with Crippen molar-refractivity contribution in [2.75, 3.05) is 6.54 Å². The predicted molar refractivity (Wildman–Crippen MR) is 161 cm³/mol. The number of hydrogen-bond acceptors (Lipinski definition) is 9. The maximum absolute atomic E-state index is 13.2. The van der Waals surface area contributed by atoms with Crippen LogP contribution in [-0.4, -0.2) is 62.0 Å². The zero-order valence-electron chi connectivity index (χ0n) is 23.9. The molecule has 12 heteroatoms. The van der Waals surface area contributed by atoms with Crippen molar-refractivity contribution in [3.8, 4) is 11.5 Å². The molecule has 0 radical (unpaired) electrons. The summed E-state index contributed by atoms with van der Waals surface area (Å²) >= 11 is 0.807. The summed E-state index contributed by atoms with van der Waals surface area (Å²) in [5, 5.41) is 21.0. The average molecular weight is 621 g/mol. The van der Waals surface area contributed by atoms with Crippen molar-refractivity contribution in [3.05, 3.63) is 95.6 Å². The molecule has 11 nitrogen and oxygen atoms in total. The zero-order chi connectivity index (χ0) is 31.6. The van der Waals surface area contributed by atoms with Gasteiger partial charge >= 0.3 is 12.1 Å². The minimum absolute atomic E-state index is 0.00587. The fraction of sp³-hybridized carbons (Fsp3) is 0.281. The number of carboxylic acid groups (broad SMARTS) is 1. The quantitative estimate of drug-likeness (QED) is 0.209. The number of phenolic OH excluding ortho intramolecular Hbond substituents is 1. The number of amides is 2. The van der Waals surface area contributed by atoms with E-state index >= 15 is 0 Å². The normalized spacial score (nSPS) is 16.5. The number of nitrogens with zero attached hydrogens (tertiary/aromatic N) is 1. The number of aromatic hydroxyl groups is 1. The van der Waals surface area contributed by atoms with Crippen molar-refractivity contribution >= 4 is 40.8 Å². The van der Waals surface area contributed by atoms with Crippen LogP contribution in [0.3, 0.4) is 0 Å². The first-order valence-corrected chi connectivity index (χ1v) is 14.7. The Morgan fingerprint density at radius 3 is 2.34 bits per heavy atom. The smallest absolute Gasteiger partial charge is 0.508 e. The second-order valence-corrected chi connectivity index (χ2v) is 11.5. The third-order valence-electron chi connectivity index (χ3n) is 6.97. The monoisotopic (exact) mass is 620 g/mol. The van der Waals surface area contributed by atoms with Gasteiger partial charge in [-0.05, 0) is 60.2 Å². The van der Waals surface area contributed by atoms with E-state index in [9.17, 15) is 34.2 Å². The lowest BCUT2D eigenvalue weighted by Crippen LogP contribution is -2.47. The second-order valence-electron chi connectivity index (χ2n) is 10.1. The number of rotatable bonds is 11. The van der Waals surface area contributed by atoms with E-state index in [-0.39, 0.29) is 36.1 Å². The molecule has 1 heterocycles. The van der Waals surface area contributed by atoms with Gasteiger partial charge in [-0.15, -0.1) is 0 Å². The highest BCUT2D eigenvalue weighted by Gasteiger charge is 2.41. The van der Waals surface area contributed by atoms with E-state index in [4.69, 9.17) is 9.47 Å². The Labute approximate surface area is 258 Å². The van der Waals surface area contributed by atoms with Crippen LogP contribution in [-0.2, 0) is 36.9 Å². The van der Waals surface area contributed by atoms with Gasteiger partial charge in [0.15, 0.2) is 5.12 Å². The van der Waals surface area contributed by atoms with Crippen LogP contribution in [0, 0.1) is 0 Å². The molecule has 0 spiro atoms. The lowest BCUT2D eigenvalue weighted by atomic mass is 10.0. The van der Waals surface area contributed by atoms with Crippen LogP contribution in [0.25, 0.3) is 0 Å². The van der Waals surface area contributed by atoms with Crippen LogP contribution in [0.2, 0.25) is 0 Å². The first kappa shape index (κ1) is 32.1. The van der Waals surface area contributed by atoms with Crippen molar-refractivity contribution in [1.29, 1.82) is 0 Å². The van der Waals surface area contributed by atoms with E-state index in [1.54, 1.807) is 24.3 Å². The number of thioether (sulfide) groups is 1. The molecule has 1 fully saturated rings. The Morgan fingerprint density at radius 1 is 0.955 bits per heavy atom. The van der Waals surface area contributed by atoms with Crippen LogP contribution in [0.4, 0.5) is 4.79 Å². The number of nitrogens with one attached hydrogen (secondary N) is 1. The Bertz CT molecular complexity index is 1500. The van der Waals surface area contributed by atoms with E-state index in [0.717, 1.165) is 17.3 Å². The van der Waals surface area contributed by atoms with Gasteiger partial charge < -0.3 is 29.9 Å². The topological polar surface area (TPSA) is 160 Å². The summed E-state index contributed by atoms with van der Waals surface area (Å²) in [6.07, 6.45) is -0.128. The molecule has 0 aliphatic carbocycles. The molecule has 0 saturated carbocycles. The fourth-order valence-electron chi connectivity index (χ4n) is 4.97. The number of likely N-dealkylation sites (tertiary alicyclic amines) is 1. The number of phenols is 1. The second kappa shape index (κ2) is 15.1. The number of ether oxygens (including phenoxy) is 2. The van der Waals surface area contributed by atoms with E-state index in [0.29, 0.717) is 17.5 Å². The number of carbonyl (C=O) groups excluding carboxylic acids is 4. The molecular weight excluding hydrogens is 588 g/mol. The zero-order valence-corrected chi connectivity index (χ0v) is 24.7. The van der Waals surface area contributed by atoms with Crippen LogP contribution in [0.15, 0.2) is 78.9 Å². The Morgan fingerprint density at radius 2 is 1.68 bits per heavy atom. The molecule has 3 aromatic carbocycles. The van der Waals surface area contributed by atoms with Gasteiger partial charge in [0.1, 0.15) is 24.1 Å². The standard InChI is InChI=1S/C32H32N2O9S/c1-20(35)44-28(16-21-10-12-25(13-11-21)43-32(41)42-19-22-6-3-2-4-7-22)30(38)33-18-29(37)34-26(14-15-27(34)31(39)40)23-8-5-9-24(36)17-23/h2-13,17,26-28,36H,14-16,18-19H2,1H3,(H,33,38)(H,39,40). The third-order valence-corrected chi connectivity index (χ3v) is 7.97. The minimum atomic E-state index is -1.16. The molecule has 230 valence electrons. The van der Waals surface area contributed by atoms with Gasteiger partial charge in [-0.25, -0.2) is 9.59 Å². The third kappa shape index (κ3) is 8.83. The fourth-order valence-corrected chi connectivity index (χ4v) is 5.83. The molecule has 1 aliphatic heterocycles. The van der Waals surface area contributed by atoms with Gasteiger partial charge in [0, 0.05) is 6.92 Å². The van der Waals surface area contributed by atoms with Crippen LogP contribution >= 0.6 is 11.8 Å². The summed E-state index contributed by atoms with van der Waals surface area (Å²) in [6.45, 7) is 0.922. The van der Waals surface area contributed by atoms with Gasteiger partial charge in [-0.1, -0.05) is 66.4 Å². The molecule has 4 rings (SSSR count). The van der Waals surface area contributed by atoms with E-state index < -0.39 is 47.8 Å². The molecule has 0 bridgehead atoms. The maximum atomic E-state index is 13.2. The van der Waals surface area contributed by atoms with Gasteiger partial charge in [0.05, 0.1) is 17.8 Å². The summed E-state index contributed by atoms with van der Waals surface area (Å²) in [6, 6.07) is 20.1. The number of carbonyl (C=O) groups is 5. The Kier molecular flexibility index (Phi) is 11.0. The van der Waals surface area contributed by atoms with E-state index in [1.165, 1.54) is 36.1 Å². The number of carboxylic acids is 1. The summed E-state index contributed by atoms with van der Waals surface area (Å²) in [5.41, 5.74) is 2.08. The highest BCUT2D eigenvalue weighted by atomic mass is 32.2. The molecule has 3 atom stereocenters. The Balaban J connectivity index is 1.35. The highest BCUT2D eigenvalue weighted by molar-refractivity contribution is 8.14. The lowest BCUT2D eigenvalue weighted by Gasteiger charge is -2.29.